The summed E-state index contributed by atoms with van der Waals surface area (Å²) >= 11 is 0. The van der Waals surface area contributed by atoms with Crippen molar-refractivity contribution in [2.75, 3.05) is 30.5 Å². The van der Waals surface area contributed by atoms with Gasteiger partial charge in [-0.05, 0) is 67.8 Å². The van der Waals surface area contributed by atoms with E-state index < -0.39 is 0 Å². The van der Waals surface area contributed by atoms with E-state index in [1.165, 1.54) is 6.08 Å². The zero-order chi connectivity index (χ0) is 20.8. The molecule has 1 fully saturated rings. The number of rotatable bonds is 7. The van der Waals surface area contributed by atoms with Crippen LogP contribution in [0.15, 0.2) is 42.5 Å². The maximum absolute atomic E-state index is 12.3. The molecular weight excluding hydrogens is 368 g/mol. The van der Waals surface area contributed by atoms with Crippen LogP contribution >= 0.6 is 0 Å². The number of anilines is 2. The summed E-state index contributed by atoms with van der Waals surface area (Å²) in [6, 6.07) is 11.1. The Morgan fingerprint density at radius 3 is 2.69 bits per heavy atom. The van der Waals surface area contributed by atoms with Crippen molar-refractivity contribution in [2.24, 2.45) is 0 Å². The molecule has 1 aliphatic rings. The van der Waals surface area contributed by atoms with Crippen LogP contribution in [0.2, 0.25) is 0 Å². The van der Waals surface area contributed by atoms with Crippen LogP contribution in [0.25, 0.3) is 6.08 Å². The molecule has 29 heavy (non-hydrogen) atoms. The van der Waals surface area contributed by atoms with E-state index in [2.05, 4.69) is 5.32 Å². The highest BCUT2D eigenvalue weighted by molar-refractivity contribution is 6.02. The van der Waals surface area contributed by atoms with Gasteiger partial charge in [-0.1, -0.05) is 6.07 Å². The van der Waals surface area contributed by atoms with E-state index in [-0.39, 0.29) is 11.8 Å². The molecule has 2 aromatic rings. The number of ether oxygens (including phenoxy) is 2. The van der Waals surface area contributed by atoms with Gasteiger partial charge in [-0.2, -0.15) is 0 Å². The number of methoxy groups -OCH3 is 1. The monoisotopic (exact) mass is 394 g/mol. The molecule has 0 atom stereocenters. The smallest absolute Gasteiger partial charge is 0.248 e. The van der Waals surface area contributed by atoms with E-state index in [4.69, 9.17) is 9.47 Å². The van der Waals surface area contributed by atoms with Gasteiger partial charge in [0.05, 0.1) is 13.7 Å². The Morgan fingerprint density at radius 1 is 1.21 bits per heavy atom. The van der Waals surface area contributed by atoms with E-state index in [1.54, 1.807) is 18.1 Å². The molecule has 0 bridgehead atoms. The van der Waals surface area contributed by atoms with E-state index in [0.717, 1.165) is 29.8 Å². The molecule has 0 spiro atoms. The standard InChI is InChI=1S/C23H26N2O4/c1-4-29-21-15-17(7-11-20(21)28-3)8-12-22(26)24-18-9-10-19(16(2)14-18)25-13-5-6-23(25)27/h7-12,14-15H,4-6,13H2,1-3H3,(H,24,26)/b12-8+. The van der Waals surface area contributed by atoms with E-state index in [1.807, 2.05) is 50.2 Å². The molecule has 6 heteroatoms. The lowest BCUT2D eigenvalue weighted by Crippen LogP contribution is -2.24. The number of carbonyl (C=O) groups is 2. The van der Waals surface area contributed by atoms with Gasteiger partial charge in [0.2, 0.25) is 11.8 Å². The molecule has 0 unspecified atom stereocenters. The molecule has 0 aliphatic carbocycles. The minimum absolute atomic E-state index is 0.152. The van der Waals surface area contributed by atoms with Gasteiger partial charge < -0.3 is 19.7 Å². The minimum Gasteiger partial charge on any atom is -0.493 e. The molecule has 0 radical (unpaired) electrons. The van der Waals surface area contributed by atoms with Gasteiger partial charge in [-0.15, -0.1) is 0 Å². The van der Waals surface area contributed by atoms with Crippen molar-refractivity contribution in [3.8, 4) is 11.5 Å². The summed E-state index contributed by atoms with van der Waals surface area (Å²) in [4.78, 5) is 26.1. The van der Waals surface area contributed by atoms with Crippen molar-refractivity contribution < 1.29 is 19.1 Å². The summed E-state index contributed by atoms with van der Waals surface area (Å²) in [7, 11) is 1.59. The summed E-state index contributed by atoms with van der Waals surface area (Å²) in [5, 5.41) is 2.86. The quantitative estimate of drug-likeness (QED) is 0.716. The molecule has 6 nitrogen and oxygen atoms in total. The highest BCUT2D eigenvalue weighted by Gasteiger charge is 2.22. The van der Waals surface area contributed by atoms with Crippen LogP contribution in [0.4, 0.5) is 11.4 Å². The molecule has 2 amide bonds. The number of nitrogens with one attached hydrogen (secondary N) is 1. The van der Waals surface area contributed by atoms with Gasteiger partial charge in [0.1, 0.15) is 0 Å². The fourth-order valence-electron chi connectivity index (χ4n) is 3.36. The summed E-state index contributed by atoms with van der Waals surface area (Å²) in [5.74, 6) is 1.21. The van der Waals surface area contributed by atoms with Crippen LogP contribution in [-0.2, 0) is 9.59 Å². The van der Waals surface area contributed by atoms with Crippen LogP contribution in [0.1, 0.15) is 30.9 Å². The molecular formula is C23H26N2O4. The predicted octanol–water partition coefficient (Wildman–Crippen LogP) is 4.18. The first-order valence-corrected chi connectivity index (χ1v) is 9.72. The van der Waals surface area contributed by atoms with Crippen LogP contribution < -0.4 is 19.7 Å². The highest BCUT2D eigenvalue weighted by Crippen LogP contribution is 2.29. The first-order valence-electron chi connectivity index (χ1n) is 9.72. The van der Waals surface area contributed by atoms with Crippen molar-refractivity contribution in [1.29, 1.82) is 0 Å². The molecule has 2 aromatic carbocycles. The fraction of sp³-hybridized carbons (Fsp3) is 0.304. The number of hydrogen-bond acceptors (Lipinski definition) is 4. The molecule has 0 saturated carbocycles. The first kappa shape index (κ1) is 20.5. The molecule has 1 aliphatic heterocycles. The summed E-state index contributed by atoms with van der Waals surface area (Å²) in [5.41, 5.74) is 3.39. The normalized spacial score (nSPS) is 13.8. The molecule has 1 heterocycles. The summed E-state index contributed by atoms with van der Waals surface area (Å²) in [6.07, 6.45) is 4.68. The van der Waals surface area contributed by atoms with Gasteiger partial charge in [-0.3, -0.25) is 9.59 Å². The van der Waals surface area contributed by atoms with Crippen LogP contribution in [0.5, 0.6) is 11.5 Å². The number of aryl methyl sites for hydroxylation is 1. The number of hydrogen-bond donors (Lipinski definition) is 1. The Kier molecular flexibility index (Phi) is 6.54. The van der Waals surface area contributed by atoms with Crippen molar-refractivity contribution in [2.45, 2.75) is 26.7 Å². The number of carbonyl (C=O) groups excluding carboxylic acids is 2. The Bertz CT molecular complexity index is 936. The van der Waals surface area contributed by atoms with Crippen molar-refractivity contribution in [1.82, 2.24) is 0 Å². The third-order valence-corrected chi connectivity index (χ3v) is 4.74. The Balaban J connectivity index is 1.67. The number of amides is 2. The Hall–Kier alpha value is -3.28. The van der Waals surface area contributed by atoms with E-state index >= 15 is 0 Å². The van der Waals surface area contributed by atoms with Crippen molar-refractivity contribution in [3.05, 3.63) is 53.6 Å². The van der Waals surface area contributed by atoms with E-state index in [9.17, 15) is 9.59 Å². The average Bonchev–Trinajstić information content (AvgIpc) is 3.12. The molecule has 0 aromatic heterocycles. The average molecular weight is 394 g/mol. The Morgan fingerprint density at radius 2 is 2.03 bits per heavy atom. The third-order valence-electron chi connectivity index (χ3n) is 4.74. The zero-order valence-corrected chi connectivity index (χ0v) is 17.0. The summed E-state index contributed by atoms with van der Waals surface area (Å²) < 4.78 is 10.8. The second-order valence-electron chi connectivity index (χ2n) is 6.82. The maximum atomic E-state index is 12.3. The maximum Gasteiger partial charge on any atom is 0.248 e. The fourth-order valence-corrected chi connectivity index (χ4v) is 3.36. The number of benzene rings is 2. The van der Waals surface area contributed by atoms with Crippen molar-refractivity contribution in [3.63, 3.8) is 0 Å². The van der Waals surface area contributed by atoms with Gasteiger partial charge in [0.25, 0.3) is 0 Å². The van der Waals surface area contributed by atoms with Gasteiger partial charge in [0, 0.05) is 30.4 Å². The largest absolute Gasteiger partial charge is 0.493 e. The SMILES string of the molecule is CCOc1cc(/C=C/C(=O)Nc2ccc(N3CCCC3=O)c(C)c2)ccc1OC. The Labute approximate surface area is 171 Å². The minimum atomic E-state index is -0.233. The second-order valence-corrected chi connectivity index (χ2v) is 6.82. The van der Waals surface area contributed by atoms with Gasteiger partial charge in [0.15, 0.2) is 11.5 Å². The van der Waals surface area contributed by atoms with Crippen LogP contribution in [0, 0.1) is 6.92 Å². The van der Waals surface area contributed by atoms with Crippen molar-refractivity contribution >= 4 is 29.3 Å². The van der Waals surface area contributed by atoms with Gasteiger partial charge in [-0.25, -0.2) is 0 Å². The summed E-state index contributed by atoms with van der Waals surface area (Å²) in [6.45, 7) is 5.13. The first-order chi connectivity index (χ1) is 14.0. The molecule has 1 N–H and O–H groups in total. The topological polar surface area (TPSA) is 67.9 Å². The number of nitrogens with zero attached hydrogens (tertiary/aromatic N) is 1. The lowest BCUT2D eigenvalue weighted by molar-refractivity contribution is -0.117. The third kappa shape index (κ3) is 4.96. The molecule has 1 saturated heterocycles. The predicted molar refractivity (Wildman–Crippen MR) is 115 cm³/mol. The van der Waals surface area contributed by atoms with Gasteiger partial charge >= 0.3 is 0 Å². The second kappa shape index (κ2) is 9.28. The molecule has 3 rings (SSSR count). The van der Waals surface area contributed by atoms with Crippen LogP contribution in [0.3, 0.4) is 0 Å². The van der Waals surface area contributed by atoms with Crippen LogP contribution in [-0.4, -0.2) is 32.1 Å². The lowest BCUT2D eigenvalue weighted by Gasteiger charge is -2.19. The van der Waals surface area contributed by atoms with E-state index in [0.29, 0.717) is 30.2 Å². The zero-order valence-electron chi connectivity index (χ0n) is 17.0. The molecule has 152 valence electrons. The highest BCUT2D eigenvalue weighted by atomic mass is 16.5. The lowest BCUT2D eigenvalue weighted by atomic mass is 10.1.